The molecule has 8 nitrogen and oxygen atoms in total. The van der Waals surface area contributed by atoms with Crippen molar-refractivity contribution in [2.45, 2.75) is 52.0 Å². The molecule has 9 heteroatoms. The number of esters is 1. The molecule has 1 fully saturated rings. The van der Waals surface area contributed by atoms with Crippen molar-refractivity contribution in [1.29, 1.82) is 0 Å². The van der Waals surface area contributed by atoms with Crippen molar-refractivity contribution in [3.05, 3.63) is 46.9 Å². The molecule has 2 aromatic rings. The molecule has 0 radical (unpaired) electrons. The molecule has 32 heavy (non-hydrogen) atoms. The van der Waals surface area contributed by atoms with Gasteiger partial charge in [0.05, 0.1) is 19.8 Å². The third-order valence-electron chi connectivity index (χ3n) is 5.16. The van der Waals surface area contributed by atoms with Crippen molar-refractivity contribution in [1.82, 2.24) is 14.9 Å². The molecular weight excluding hydrogens is 432 g/mol. The molecule has 174 valence electrons. The molecule has 1 unspecified atom stereocenters. The maximum Gasteiger partial charge on any atom is 0.356 e. The molecule has 1 aromatic heterocycles. The van der Waals surface area contributed by atoms with Crippen molar-refractivity contribution in [3.63, 3.8) is 0 Å². The second-order valence-electron chi connectivity index (χ2n) is 7.90. The van der Waals surface area contributed by atoms with E-state index in [0.29, 0.717) is 12.4 Å². The highest BCUT2D eigenvalue weighted by atomic mass is 35.5. The van der Waals surface area contributed by atoms with E-state index >= 15 is 0 Å². The maximum absolute atomic E-state index is 11.8. The Morgan fingerprint density at radius 2 is 2.00 bits per heavy atom. The number of hydrogen-bond acceptors (Lipinski definition) is 8. The van der Waals surface area contributed by atoms with Crippen LogP contribution in [0.25, 0.3) is 0 Å². The summed E-state index contributed by atoms with van der Waals surface area (Å²) in [5.74, 6) is 0.819. The molecule has 0 amide bonds. The zero-order valence-electron chi connectivity index (χ0n) is 19.0. The third kappa shape index (κ3) is 6.54. The summed E-state index contributed by atoms with van der Waals surface area (Å²) in [6.45, 7) is 8.39. The van der Waals surface area contributed by atoms with Gasteiger partial charge in [0.25, 0.3) is 0 Å². The van der Waals surface area contributed by atoms with Crippen LogP contribution in [0.5, 0.6) is 5.75 Å². The molecule has 1 aliphatic rings. The molecule has 0 saturated carbocycles. The van der Waals surface area contributed by atoms with Gasteiger partial charge in [-0.15, -0.1) is 0 Å². The number of rotatable bonds is 9. The quantitative estimate of drug-likeness (QED) is 0.435. The van der Waals surface area contributed by atoms with Gasteiger partial charge < -0.3 is 19.5 Å². The first-order valence-electron chi connectivity index (χ1n) is 10.9. The number of methoxy groups -OCH3 is 1. The topological polar surface area (TPSA) is 85.8 Å². The van der Waals surface area contributed by atoms with Gasteiger partial charge in [-0.3, -0.25) is 4.90 Å². The van der Waals surface area contributed by atoms with Crippen LogP contribution in [0.15, 0.2) is 30.3 Å². The summed E-state index contributed by atoms with van der Waals surface area (Å²) in [4.78, 5) is 22.2. The lowest BCUT2D eigenvalue weighted by atomic mass is 10.0. The van der Waals surface area contributed by atoms with Crippen LogP contribution in [0, 0.1) is 0 Å². The molecule has 0 bridgehead atoms. The number of hydrogen-bond donors (Lipinski definition) is 1. The highest BCUT2D eigenvalue weighted by Gasteiger charge is 2.28. The zero-order valence-corrected chi connectivity index (χ0v) is 19.8. The molecule has 1 N–H and O–H groups in total. The fraction of sp³-hybridized carbons (Fsp3) is 0.522. The van der Waals surface area contributed by atoms with Gasteiger partial charge in [0.15, 0.2) is 5.69 Å². The average Bonchev–Trinajstić information content (AvgIpc) is 2.77. The SMILES string of the molecule is CCOc1cccc(C(OC(C)C)N2CCC(Nc3cc(C(=O)OC)nc(Cl)n3)CC2)c1. The van der Waals surface area contributed by atoms with E-state index < -0.39 is 5.97 Å². The highest BCUT2D eigenvalue weighted by Crippen LogP contribution is 2.30. The lowest BCUT2D eigenvalue weighted by Gasteiger charge is -2.38. The molecule has 1 atom stereocenters. The minimum atomic E-state index is -0.546. The summed E-state index contributed by atoms with van der Waals surface area (Å²) in [6.07, 6.45) is 1.72. The molecule has 1 aliphatic heterocycles. The molecular formula is C23H31ClN4O4. The minimum absolute atomic E-state index is 0.00686. The van der Waals surface area contributed by atoms with E-state index in [9.17, 15) is 4.79 Å². The number of benzene rings is 1. The predicted octanol–water partition coefficient (Wildman–Crippen LogP) is 4.32. The summed E-state index contributed by atoms with van der Waals surface area (Å²) in [5, 5.41) is 3.38. The van der Waals surface area contributed by atoms with Gasteiger partial charge in [-0.05, 0) is 62.9 Å². The fourth-order valence-electron chi connectivity index (χ4n) is 3.75. The number of nitrogens with zero attached hydrogens (tertiary/aromatic N) is 3. The van der Waals surface area contributed by atoms with Crippen molar-refractivity contribution in [3.8, 4) is 5.75 Å². The van der Waals surface area contributed by atoms with Gasteiger partial charge in [-0.25, -0.2) is 14.8 Å². The van der Waals surface area contributed by atoms with Crippen molar-refractivity contribution in [2.24, 2.45) is 0 Å². The Bertz CT molecular complexity index is 903. The standard InChI is InChI=1S/C23H31ClN4O4/c1-5-31-18-8-6-7-16(13-18)21(32-15(2)3)28-11-9-17(10-12-28)25-20-14-19(22(29)30-4)26-23(24)27-20/h6-8,13-15,17,21H,5,9-12H2,1-4H3,(H,25,26,27). The van der Waals surface area contributed by atoms with Crippen LogP contribution in [-0.4, -0.2) is 59.8 Å². The monoisotopic (exact) mass is 462 g/mol. The smallest absolute Gasteiger partial charge is 0.356 e. The van der Waals surface area contributed by atoms with Crippen molar-refractivity contribution >= 4 is 23.4 Å². The Morgan fingerprint density at radius 3 is 2.66 bits per heavy atom. The van der Waals surface area contributed by atoms with Crippen LogP contribution in [0.4, 0.5) is 5.82 Å². The third-order valence-corrected chi connectivity index (χ3v) is 5.33. The molecule has 1 saturated heterocycles. The lowest BCUT2D eigenvalue weighted by molar-refractivity contribution is -0.0980. The Hall–Kier alpha value is -2.42. The number of halogens is 1. The van der Waals surface area contributed by atoms with Crippen LogP contribution in [0.1, 0.15) is 55.9 Å². The summed E-state index contributed by atoms with van der Waals surface area (Å²) in [7, 11) is 1.31. The van der Waals surface area contributed by atoms with Crippen LogP contribution in [0.2, 0.25) is 5.28 Å². The first-order chi connectivity index (χ1) is 15.4. The lowest BCUT2D eigenvalue weighted by Crippen LogP contribution is -2.42. The Morgan fingerprint density at radius 1 is 1.25 bits per heavy atom. The number of aromatic nitrogens is 2. The van der Waals surface area contributed by atoms with E-state index in [4.69, 9.17) is 25.8 Å². The van der Waals surface area contributed by atoms with E-state index in [1.165, 1.54) is 7.11 Å². The molecule has 3 rings (SSSR count). The highest BCUT2D eigenvalue weighted by molar-refractivity contribution is 6.28. The van der Waals surface area contributed by atoms with Crippen molar-refractivity contribution < 1.29 is 19.0 Å². The first kappa shape index (κ1) is 24.2. The van der Waals surface area contributed by atoms with Gasteiger partial charge in [-0.2, -0.15) is 0 Å². The summed E-state index contributed by atoms with van der Waals surface area (Å²) in [6, 6.07) is 9.86. The fourth-order valence-corrected chi connectivity index (χ4v) is 3.93. The van der Waals surface area contributed by atoms with Crippen LogP contribution in [-0.2, 0) is 9.47 Å². The second-order valence-corrected chi connectivity index (χ2v) is 8.23. The van der Waals surface area contributed by atoms with Gasteiger partial charge in [-0.1, -0.05) is 12.1 Å². The summed E-state index contributed by atoms with van der Waals surface area (Å²) >= 11 is 5.98. The van der Waals surface area contributed by atoms with Crippen LogP contribution >= 0.6 is 11.6 Å². The number of carbonyl (C=O) groups excluding carboxylic acids is 1. The van der Waals surface area contributed by atoms with Crippen LogP contribution < -0.4 is 10.1 Å². The second kappa shape index (κ2) is 11.4. The number of carbonyl (C=O) groups is 1. The number of nitrogens with one attached hydrogen (secondary N) is 1. The van der Waals surface area contributed by atoms with E-state index in [1.54, 1.807) is 6.07 Å². The molecule has 1 aromatic carbocycles. The molecule has 2 heterocycles. The van der Waals surface area contributed by atoms with Gasteiger partial charge in [0.1, 0.15) is 17.8 Å². The van der Waals surface area contributed by atoms with Gasteiger partial charge in [0, 0.05) is 25.2 Å². The van der Waals surface area contributed by atoms with E-state index in [1.807, 2.05) is 32.9 Å². The summed E-state index contributed by atoms with van der Waals surface area (Å²) in [5.41, 5.74) is 1.22. The van der Waals surface area contributed by atoms with Gasteiger partial charge in [0.2, 0.25) is 5.28 Å². The van der Waals surface area contributed by atoms with Crippen LogP contribution in [0.3, 0.4) is 0 Å². The summed E-state index contributed by atoms with van der Waals surface area (Å²) < 4.78 is 16.7. The number of ether oxygens (including phenoxy) is 3. The number of piperidine rings is 1. The van der Waals surface area contributed by atoms with E-state index in [2.05, 4.69) is 32.3 Å². The van der Waals surface area contributed by atoms with E-state index in [0.717, 1.165) is 37.2 Å². The Labute approximate surface area is 194 Å². The first-order valence-corrected chi connectivity index (χ1v) is 11.3. The van der Waals surface area contributed by atoms with E-state index in [-0.39, 0.29) is 29.4 Å². The maximum atomic E-state index is 11.8. The molecule has 0 aliphatic carbocycles. The normalized spacial score (nSPS) is 16.1. The molecule has 0 spiro atoms. The average molecular weight is 463 g/mol. The van der Waals surface area contributed by atoms with Gasteiger partial charge >= 0.3 is 5.97 Å². The minimum Gasteiger partial charge on any atom is -0.494 e. The largest absolute Gasteiger partial charge is 0.494 e. The Kier molecular flexibility index (Phi) is 8.67. The Balaban J connectivity index is 1.67. The zero-order chi connectivity index (χ0) is 23.1. The van der Waals surface area contributed by atoms with Crippen molar-refractivity contribution in [2.75, 3.05) is 32.1 Å². The number of likely N-dealkylation sites (tertiary alicyclic amines) is 1. The number of anilines is 1. The predicted molar refractivity (Wildman–Crippen MR) is 123 cm³/mol.